The molecule has 1 aromatic carbocycles. The van der Waals surface area contributed by atoms with Crippen molar-refractivity contribution in [3.63, 3.8) is 0 Å². The Morgan fingerprint density at radius 2 is 2.27 bits per heavy atom. The van der Waals surface area contributed by atoms with E-state index >= 15 is 0 Å². The van der Waals surface area contributed by atoms with Crippen molar-refractivity contribution >= 4 is 22.2 Å². The summed E-state index contributed by atoms with van der Waals surface area (Å²) in [6, 6.07) is 3.42. The predicted octanol–water partition coefficient (Wildman–Crippen LogP) is 2.84. The van der Waals surface area contributed by atoms with Crippen LogP contribution in [-0.4, -0.2) is 20.0 Å². The summed E-state index contributed by atoms with van der Waals surface area (Å²) < 4.78 is 11.2. The van der Waals surface area contributed by atoms with Gasteiger partial charge >= 0.3 is 0 Å². The van der Waals surface area contributed by atoms with E-state index in [0.717, 1.165) is 10.8 Å². The zero-order chi connectivity index (χ0) is 11.3. The number of hydrogen-bond donors (Lipinski definition) is 0. The van der Waals surface area contributed by atoms with Crippen LogP contribution in [0.25, 0.3) is 0 Å². The molecule has 0 spiro atoms. The van der Waals surface area contributed by atoms with Gasteiger partial charge in [-0.1, -0.05) is 28.6 Å². The number of carbonyl (C=O) groups excluding carboxylic acids is 1. The van der Waals surface area contributed by atoms with Crippen molar-refractivity contribution in [1.29, 1.82) is 0 Å². The molecule has 0 aliphatic heterocycles. The van der Waals surface area contributed by atoms with Gasteiger partial charge in [-0.15, -0.1) is 0 Å². The maximum atomic E-state index is 10.8. The van der Waals surface area contributed by atoms with Gasteiger partial charge in [-0.25, -0.2) is 0 Å². The summed E-state index contributed by atoms with van der Waals surface area (Å²) in [6.45, 7) is 3.87. The van der Waals surface area contributed by atoms with Crippen molar-refractivity contribution in [3.8, 4) is 11.5 Å². The third-order valence-electron chi connectivity index (χ3n) is 1.74. The first-order valence-electron chi connectivity index (χ1n) is 4.29. The minimum absolute atomic E-state index is 0.332. The summed E-state index contributed by atoms with van der Waals surface area (Å²) >= 11 is 3.28. The highest BCUT2D eigenvalue weighted by molar-refractivity contribution is 9.10. The van der Waals surface area contributed by atoms with Crippen LogP contribution in [0.2, 0.25) is 0 Å². The highest BCUT2D eigenvalue weighted by Gasteiger charge is 2.11. The molecule has 0 aromatic heterocycles. The number of carbonyl (C=O) groups is 1. The van der Waals surface area contributed by atoms with Gasteiger partial charge in [0, 0.05) is 4.47 Å². The molecule has 0 aliphatic rings. The summed E-state index contributed by atoms with van der Waals surface area (Å²) in [5.41, 5.74) is 0.447. The van der Waals surface area contributed by atoms with Crippen LogP contribution in [0.3, 0.4) is 0 Å². The summed E-state index contributed by atoms with van der Waals surface area (Å²) in [4.78, 5) is 10.8. The van der Waals surface area contributed by atoms with Crippen LogP contribution >= 0.6 is 15.9 Å². The number of hydrogen-bond acceptors (Lipinski definition) is 3. The van der Waals surface area contributed by atoms with Gasteiger partial charge < -0.3 is 9.47 Å². The number of aldehydes is 1. The van der Waals surface area contributed by atoms with E-state index in [1.54, 1.807) is 18.2 Å². The fourth-order valence-corrected chi connectivity index (χ4v) is 1.58. The molecule has 1 rings (SSSR count). The van der Waals surface area contributed by atoms with Crippen molar-refractivity contribution < 1.29 is 14.3 Å². The van der Waals surface area contributed by atoms with Crippen LogP contribution in [0, 0.1) is 0 Å². The van der Waals surface area contributed by atoms with Gasteiger partial charge in [-0.05, 0) is 12.1 Å². The van der Waals surface area contributed by atoms with Crippen molar-refractivity contribution in [3.05, 3.63) is 34.8 Å². The van der Waals surface area contributed by atoms with Crippen LogP contribution in [0.1, 0.15) is 10.4 Å². The third kappa shape index (κ3) is 2.83. The van der Waals surface area contributed by atoms with Gasteiger partial charge in [0.2, 0.25) is 0 Å². The molecule has 0 heterocycles. The monoisotopic (exact) mass is 270 g/mol. The topological polar surface area (TPSA) is 35.5 Å². The molecule has 0 amide bonds. The molecule has 3 nitrogen and oxygen atoms in total. The fraction of sp³-hybridized carbons (Fsp3) is 0.182. The van der Waals surface area contributed by atoms with E-state index in [-0.39, 0.29) is 0 Å². The van der Waals surface area contributed by atoms with Gasteiger partial charge in [0.15, 0.2) is 17.8 Å². The Hall–Kier alpha value is -1.29. The van der Waals surface area contributed by atoms with Gasteiger partial charge in [0.05, 0.1) is 12.7 Å². The van der Waals surface area contributed by atoms with Crippen LogP contribution in [0.5, 0.6) is 11.5 Å². The first kappa shape index (κ1) is 11.8. The van der Waals surface area contributed by atoms with Crippen molar-refractivity contribution in [1.82, 2.24) is 0 Å². The lowest BCUT2D eigenvalue weighted by molar-refractivity contribution is 0.111. The lowest BCUT2D eigenvalue weighted by Gasteiger charge is -2.11. The highest BCUT2D eigenvalue weighted by Crippen LogP contribution is 2.33. The Morgan fingerprint density at radius 3 is 2.80 bits per heavy atom. The molecule has 0 fully saturated rings. The molecule has 4 heteroatoms. The van der Waals surface area contributed by atoms with Gasteiger partial charge in [-0.3, -0.25) is 4.79 Å². The molecule has 0 atom stereocenters. The minimum atomic E-state index is 0.332. The number of halogens is 1. The Morgan fingerprint density at radius 1 is 1.53 bits per heavy atom. The molecule has 1 aromatic rings. The van der Waals surface area contributed by atoms with E-state index in [9.17, 15) is 4.79 Å². The smallest absolute Gasteiger partial charge is 0.172 e. The quantitative estimate of drug-likeness (QED) is 0.610. The van der Waals surface area contributed by atoms with E-state index in [0.29, 0.717) is 23.7 Å². The second-order valence-electron chi connectivity index (χ2n) is 2.74. The number of methoxy groups -OCH3 is 1. The molecule has 0 radical (unpaired) electrons. The Kier molecular flexibility index (Phi) is 4.37. The summed E-state index contributed by atoms with van der Waals surface area (Å²) in [5.74, 6) is 0.962. The maximum Gasteiger partial charge on any atom is 0.172 e. The molecule has 0 saturated carbocycles. The largest absolute Gasteiger partial charge is 0.493 e. The summed E-state index contributed by atoms with van der Waals surface area (Å²) in [6.07, 6.45) is 2.34. The Labute approximate surface area is 96.8 Å². The normalized spacial score (nSPS) is 9.47. The molecular formula is C11H11BrO3. The van der Waals surface area contributed by atoms with E-state index in [4.69, 9.17) is 9.47 Å². The van der Waals surface area contributed by atoms with E-state index in [2.05, 4.69) is 22.5 Å². The zero-order valence-corrected chi connectivity index (χ0v) is 9.91. The lowest BCUT2D eigenvalue weighted by atomic mass is 10.2. The predicted molar refractivity (Wildman–Crippen MR) is 61.8 cm³/mol. The Bertz CT molecular complexity index is 374. The van der Waals surface area contributed by atoms with Crippen LogP contribution in [-0.2, 0) is 0 Å². The van der Waals surface area contributed by atoms with E-state index in [1.807, 2.05) is 0 Å². The molecule has 0 N–H and O–H groups in total. The zero-order valence-electron chi connectivity index (χ0n) is 8.33. The average molecular weight is 271 g/mol. The lowest BCUT2D eigenvalue weighted by Crippen LogP contribution is -2.00. The summed E-state index contributed by atoms with van der Waals surface area (Å²) in [7, 11) is 1.52. The van der Waals surface area contributed by atoms with Gasteiger partial charge in [-0.2, -0.15) is 0 Å². The highest BCUT2D eigenvalue weighted by atomic mass is 79.9. The number of rotatable bonds is 5. The SMILES string of the molecule is C=CCOc1c(C=O)cc(Br)cc1OC. The van der Waals surface area contributed by atoms with Crippen LogP contribution in [0.4, 0.5) is 0 Å². The van der Waals surface area contributed by atoms with Crippen molar-refractivity contribution in [2.75, 3.05) is 13.7 Å². The molecule has 0 saturated heterocycles. The van der Waals surface area contributed by atoms with E-state index in [1.165, 1.54) is 7.11 Å². The molecule has 0 aliphatic carbocycles. The van der Waals surface area contributed by atoms with Crippen LogP contribution < -0.4 is 9.47 Å². The average Bonchev–Trinajstić information content (AvgIpc) is 2.26. The molecule has 0 unspecified atom stereocenters. The maximum absolute atomic E-state index is 10.8. The molecule has 15 heavy (non-hydrogen) atoms. The van der Waals surface area contributed by atoms with Crippen molar-refractivity contribution in [2.24, 2.45) is 0 Å². The molecule has 80 valence electrons. The third-order valence-corrected chi connectivity index (χ3v) is 2.20. The standard InChI is InChI=1S/C11H11BrO3/c1-3-4-15-11-8(7-13)5-9(12)6-10(11)14-2/h3,5-7H,1,4H2,2H3. The first-order chi connectivity index (χ1) is 7.22. The minimum Gasteiger partial charge on any atom is -0.493 e. The number of benzene rings is 1. The second-order valence-corrected chi connectivity index (χ2v) is 3.66. The Balaban J connectivity index is 3.17. The van der Waals surface area contributed by atoms with Crippen LogP contribution in [0.15, 0.2) is 29.3 Å². The molecule has 0 bridgehead atoms. The van der Waals surface area contributed by atoms with Crippen molar-refractivity contribution in [2.45, 2.75) is 0 Å². The second kappa shape index (κ2) is 5.56. The molecular weight excluding hydrogens is 260 g/mol. The fourth-order valence-electron chi connectivity index (χ4n) is 1.12. The van der Waals surface area contributed by atoms with E-state index < -0.39 is 0 Å². The van der Waals surface area contributed by atoms with Gasteiger partial charge in [0.1, 0.15) is 6.61 Å². The van der Waals surface area contributed by atoms with Gasteiger partial charge in [0.25, 0.3) is 0 Å². The summed E-state index contributed by atoms with van der Waals surface area (Å²) in [5, 5.41) is 0. The number of ether oxygens (including phenoxy) is 2. The first-order valence-corrected chi connectivity index (χ1v) is 5.08.